The summed E-state index contributed by atoms with van der Waals surface area (Å²) in [7, 11) is 0. The predicted molar refractivity (Wildman–Crippen MR) is 120 cm³/mol. The SMILES string of the molecule is Cc1cccc2c(=O)c3c(O)cc(OC(=O)[C@@H](NC(=O)OC(C)(C)C)C(C)C)cc3oc12. The summed E-state index contributed by atoms with van der Waals surface area (Å²) < 4.78 is 16.5. The summed E-state index contributed by atoms with van der Waals surface area (Å²) in [5.74, 6) is -1.44. The van der Waals surface area contributed by atoms with Crippen LogP contribution < -0.4 is 15.5 Å². The van der Waals surface area contributed by atoms with Crippen molar-refractivity contribution in [3.8, 4) is 11.5 Å². The number of phenolic OH excluding ortho intramolecular Hbond substituents is 1. The number of aryl methyl sites for hydroxylation is 1. The van der Waals surface area contributed by atoms with E-state index in [1.54, 1.807) is 59.7 Å². The van der Waals surface area contributed by atoms with Crippen LogP contribution in [0.2, 0.25) is 0 Å². The van der Waals surface area contributed by atoms with E-state index in [4.69, 9.17) is 13.9 Å². The fourth-order valence-corrected chi connectivity index (χ4v) is 3.27. The second-order valence-corrected chi connectivity index (χ2v) is 8.99. The van der Waals surface area contributed by atoms with Crippen molar-refractivity contribution >= 4 is 34.0 Å². The Bertz CT molecular complexity index is 1250. The molecule has 2 aromatic carbocycles. The van der Waals surface area contributed by atoms with Gasteiger partial charge in [-0.05, 0) is 45.2 Å². The summed E-state index contributed by atoms with van der Waals surface area (Å²) in [5, 5.41) is 13.3. The number of amides is 1. The third-order valence-corrected chi connectivity index (χ3v) is 4.76. The molecule has 1 heterocycles. The van der Waals surface area contributed by atoms with E-state index in [2.05, 4.69) is 5.32 Å². The number of carbonyl (C=O) groups is 2. The lowest BCUT2D eigenvalue weighted by Crippen LogP contribution is -2.48. The zero-order valence-electron chi connectivity index (χ0n) is 18.9. The smallest absolute Gasteiger partial charge is 0.408 e. The third kappa shape index (κ3) is 4.85. The average molecular weight is 441 g/mol. The van der Waals surface area contributed by atoms with E-state index >= 15 is 0 Å². The van der Waals surface area contributed by atoms with Crippen LogP contribution in [-0.2, 0) is 9.53 Å². The lowest BCUT2D eigenvalue weighted by atomic mass is 10.0. The first-order valence-electron chi connectivity index (χ1n) is 10.3. The molecule has 170 valence electrons. The molecule has 1 amide bonds. The summed E-state index contributed by atoms with van der Waals surface area (Å²) in [6.07, 6.45) is -0.748. The number of aromatic hydroxyl groups is 1. The van der Waals surface area contributed by atoms with E-state index in [0.717, 1.165) is 5.56 Å². The first kappa shape index (κ1) is 23.1. The molecule has 3 aromatic rings. The molecule has 0 aliphatic carbocycles. The lowest BCUT2D eigenvalue weighted by Gasteiger charge is -2.24. The van der Waals surface area contributed by atoms with Gasteiger partial charge in [0.1, 0.15) is 39.7 Å². The highest BCUT2D eigenvalue weighted by molar-refractivity contribution is 5.95. The fourth-order valence-electron chi connectivity index (χ4n) is 3.27. The second-order valence-electron chi connectivity index (χ2n) is 8.99. The molecule has 1 aromatic heterocycles. The van der Waals surface area contributed by atoms with Crippen LogP contribution in [0.25, 0.3) is 21.9 Å². The van der Waals surface area contributed by atoms with Crippen molar-refractivity contribution in [3.05, 3.63) is 46.1 Å². The number of hydrogen-bond donors (Lipinski definition) is 2. The summed E-state index contributed by atoms with van der Waals surface area (Å²) in [6, 6.07) is 6.70. The minimum Gasteiger partial charge on any atom is -0.507 e. The van der Waals surface area contributed by atoms with Crippen molar-refractivity contribution in [1.29, 1.82) is 0 Å². The highest BCUT2D eigenvalue weighted by Gasteiger charge is 2.29. The number of esters is 1. The molecule has 0 saturated heterocycles. The van der Waals surface area contributed by atoms with E-state index in [1.165, 1.54) is 12.1 Å². The number of benzene rings is 2. The Kier molecular flexibility index (Phi) is 6.16. The molecule has 0 bridgehead atoms. The van der Waals surface area contributed by atoms with Crippen molar-refractivity contribution in [3.63, 3.8) is 0 Å². The van der Waals surface area contributed by atoms with Crippen molar-refractivity contribution in [2.24, 2.45) is 5.92 Å². The topological polar surface area (TPSA) is 115 Å². The normalized spacial score (nSPS) is 12.7. The van der Waals surface area contributed by atoms with Crippen LogP contribution in [0.4, 0.5) is 4.79 Å². The van der Waals surface area contributed by atoms with Crippen LogP contribution in [0.5, 0.6) is 11.5 Å². The number of ether oxygens (including phenoxy) is 2. The Morgan fingerprint density at radius 2 is 1.84 bits per heavy atom. The van der Waals surface area contributed by atoms with E-state index < -0.39 is 23.7 Å². The summed E-state index contributed by atoms with van der Waals surface area (Å²) in [5.41, 5.74) is 0.120. The van der Waals surface area contributed by atoms with Crippen LogP contribution >= 0.6 is 0 Å². The maximum Gasteiger partial charge on any atom is 0.408 e. The van der Waals surface area contributed by atoms with Gasteiger partial charge in [-0.1, -0.05) is 26.0 Å². The van der Waals surface area contributed by atoms with Gasteiger partial charge < -0.3 is 24.3 Å². The molecule has 3 rings (SSSR count). The zero-order valence-corrected chi connectivity index (χ0v) is 18.9. The van der Waals surface area contributed by atoms with Gasteiger partial charge in [-0.15, -0.1) is 0 Å². The molecule has 0 saturated carbocycles. The summed E-state index contributed by atoms with van der Waals surface area (Å²) in [6.45, 7) is 10.4. The lowest BCUT2D eigenvalue weighted by molar-refractivity contribution is -0.137. The predicted octanol–water partition coefficient (Wildman–Crippen LogP) is 4.41. The van der Waals surface area contributed by atoms with Crippen LogP contribution in [0.1, 0.15) is 40.2 Å². The quantitative estimate of drug-likeness (QED) is 0.350. The number of nitrogens with one attached hydrogen (secondary N) is 1. The molecule has 0 radical (unpaired) electrons. The highest BCUT2D eigenvalue weighted by atomic mass is 16.6. The van der Waals surface area contributed by atoms with Gasteiger partial charge in [-0.2, -0.15) is 0 Å². The highest BCUT2D eigenvalue weighted by Crippen LogP contribution is 2.31. The Hall–Kier alpha value is -3.55. The van der Waals surface area contributed by atoms with Crippen LogP contribution in [-0.4, -0.2) is 28.8 Å². The van der Waals surface area contributed by atoms with E-state index in [-0.39, 0.29) is 33.8 Å². The number of hydrogen-bond acceptors (Lipinski definition) is 7. The minimum absolute atomic E-state index is 0.00446. The van der Waals surface area contributed by atoms with Gasteiger partial charge in [-0.25, -0.2) is 9.59 Å². The molecule has 2 N–H and O–H groups in total. The second kappa shape index (κ2) is 8.53. The van der Waals surface area contributed by atoms with Crippen molar-refractivity contribution in [1.82, 2.24) is 5.32 Å². The fraction of sp³-hybridized carbons (Fsp3) is 0.375. The van der Waals surface area contributed by atoms with E-state index in [1.807, 2.05) is 0 Å². The third-order valence-electron chi connectivity index (χ3n) is 4.76. The Morgan fingerprint density at radius 1 is 1.16 bits per heavy atom. The maximum absolute atomic E-state index is 12.8. The molecule has 0 spiro atoms. The molecule has 0 fully saturated rings. The Labute approximate surface area is 185 Å². The molecule has 32 heavy (non-hydrogen) atoms. The van der Waals surface area contributed by atoms with Crippen molar-refractivity contribution in [2.75, 3.05) is 0 Å². The number of alkyl carbamates (subject to hydrolysis) is 1. The molecule has 1 atom stereocenters. The number of para-hydroxylation sites is 1. The van der Waals surface area contributed by atoms with Gasteiger partial charge in [0.25, 0.3) is 0 Å². The van der Waals surface area contributed by atoms with Crippen LogP contribution in [0.3, 0.4) is 0 Å². The number of rotatable bonds is 4. The Morgan fingerprint density at radius 3 is 2.47 bits per heavy atom. The molecular formula is C24H27NO7. The average Bonchev–Trinajstić information content (AvgIpc) is 2.65. The van der Waals surface area contributed by atoms with Gasteiger partial charge in [0.05, 0.1) is 5.39 Å². The summed E-state index contributed by atoms with van der Waals surface area (Å²) in [4.78, 5) is 37.7. The summed E-state index contributed by atoms with van der Waals surface area (Å²) >= 11 is 0. The number of carbonyl (C=O) groups excluding carboxylic acids is 2. The first-order chi connectivity index (χ1) is 14.9. The molecule has 8 heteroatoms. The largest absolute Gasteiger partial charge is 0.507 e. The first-order valence-corrected chi connectivity index (χ1v) is 10.3. The van der Waals surface area contributed by atoms with Gasteiger partial charge >= 0.3 is 12.1 Å². The van der Waals surface area contributed by atoms with Crippen molar-refractivity contribution in [2.45, 2.75) is 53.2 Å². The Balaban J connectivity index is 1.94. The molecular weight excluding hydrogens is 414 g/mol. The number of fused-ring (bicyclic) bond motifs is 2. The van der Waals surface area contributed by atoms with E-state index in [9.17, 15) is 19.5 Å². The van der Waals surface area contributed by atoms with Crippen LogP contribution in [0, 0.1) is 12.8 Å². The molecule has 0 aliphatic heterocycles. The van der Waals surface area contributed by atoms with Crippen molar-refractivity contribution < 1.29 is 28.6 Å². The minimum atomic E-state index is -0.992. The molecule has 0 unspecified atom stereocenters. The molecule has 0 aliphatic rings. The van der Waals surface area contributed by atoms with Gasteiger partial charge in [0, 0.05) is 12.1 Å². The van der Waals surface area contributed by atoms with Gasteiger partial charge in [0.15, 0.2) is 0 Å². The zero-order chi connectivity index (χ0) is 23.8. The van der Waals surface area contributed by atoms with E-state index in [0.29, 0.717) is 11.0 Å². The maximum atomic E-state index is 12.8. The van der Waals surface area contributed by atoms with Gasteiger partial charge in [-0.3, -0.25) is 4.79 Å². The number of phenols is 1. The standard InChI is InChI=1S/C24H27NO7/c1-12(2)19(25-23(29)32-24(4,5)6)22(28)30-14-10-16(26)18-17(11-14)31-21-13(3)8-7-9-15(21)20(18)27/h7-12,19,26H,1-6H3,(H,25,29)/t19-/m0/s1. The monoisotopic (exact) mass is 441 g/mol. The van der Waals surface area contributed by atoms with Gasteiger partial charge in [0.2, 0.25) is 5.43 Å². The molecule has 8 nitrogen and oxygen atoms in total. The van der Waals surface area contributed by atoms with Crippen LogP contribution in [0.15, 0.2) is 39.5 Å².